The Bertz CT molecular complexity index is 679. The number of aryl methyl sites for hydroxylation is 1. The Morgan fingerprint density at radius 3 is 3.05 bits per heavy atom. The summed E-state index contributed by atoms with van der Waals surface area (Å²) in [6.07, 6.45) is 3.14. The summed E-state index contributed by atoms with van der Waals surface area (Å²) < 4.78 is 10.5. The lowest BCUT2D eigenvalue weighted by molar-refractivity contribution is -0.111. The SMILES string of the molecule is Cc1nc(/C=C/C(=O)Nc2ccc3c(c2)OCO3)cs1. The molecule has 0 atom stereocenters. The van der Waals surface area contributed by atoms with Crippen LogP contribution in [-0.2, 0) is 4.79 Å². The van der Waals surface area contributed by atoms with Crippen LogP contribution in [0.4, 0.5) is 5.69 Å². The molecule has 1 aromatic carbocycles. The average molecular weight is 288 g/mol. The van der Waals surface area contributed by atoms with Crippen LogP contribution in [0.1, 0.15) is 10.7 Å². The molecule has 0 aliphatic carbocycles. The van der Waals surface area contributed by atoms with Gasteiger partial charge in [0.15, 0.2) is 11.5 Å². The molecule has 1 N–H and O–H groups in total. The highest BCUT2D eigenvalue weighted by atomic mass is 32.1. The van der Waals surface area contributed by atoms with E-state index in [1.807, 2.05) is 12.3 Å². The summed E-state index contributed by atoms with van der Waals surface area (Å²) in [4.78, 5) is 16.1. The molecule has 6 heteroatoms. The lowest BCUT2D eigenvalue weighted by Crippen LogP contribution is -2.07. The fourth-order valence-corrected chi connectivity index (χ4v) is 2.36. The third-order valence-corrected chi connectivity index (χ3v) is 3.47. The highest BCUT2D eigenvalue weighted by Crippen LogP contribution is 2.34. The van der Waals surface area contributed by atoms with E-state index in [2.05, 4.69) is 10.3 Å². The summed E-state index contributed by atoms with van der Waals surface area (Å²) in [5.74, 6) is 1.12. The van der Waals surface area contributed by atoms with Crippen LogP contribution in [0.25, 0.3) is 6.08 Å². The first-order valence-corrected chi connectivity index (χ1v) is 6.89. The number of carbonyl (C=O) groups excluding carboxylic acids is 1. The van der Waals surface area contributed by atoms with Crippen LogP contribution in [0.15, 0.2) is 29.7 Å². The van der Waals surface area contributed by atoms with Gasteiger partial charge in [-0.2, -0.15) is 0 Å². The van der Waals surface area contributed by atoms with Gasteiger partial charge in [-0.15, -0.1) is 11.3 Å². The second-order valence-electron chi connectivity index (χ2n) is 4.18. The summed E-state index contributed by atoms with van der Waals surface area (Å²) in [6.45, 7) is 2.14. The van der Waals surface area contributed by atoms with Gasteiger partial charge in [-0.1, -0.05) is 0 Å². The first-order valence-electron chi connectivity index (χ1n) is 6.01. The third-order valence-electron chi connectivity index (χ3n) is 2.68. The summed E-state index contributed by atoms with van der Waals surface area (Å²) in [5, 5.41) is 5.64. The van der Waals surface area contributed by atoms with E-state index < -0.39 is 0 Å². The fourth-order valence-electron chi connectivity index (χ4n) is 1.78. The molecule has 0 spiro atoms. The number of anilines is 1. The van der Waals surface area contributed by atoms with Crippen molar-refractivity contribution in [2.24, 2.45) is 0 Å². The van der Waals surface area contributed by atoms with Gasteiger partial charge in [0.1, 0.15) is 0 Å². The summed E-state index contributed by atoms with van der Waals surface area (Å²) >= 11 is 1.55. The minimum Gasteiger partial charge on any atom is -0.454 e. The zero-order valence-electron chi connectivity index (χ0n) is 10.8. The quantitative estimate of drug-likeness (QED) is 0.882. The topological polar surface area (TPSA) is 60.5 Å². The summed E-state index contributed by atoms with van der Waals surface area (Å²) in [6, 6.07) is 5.28. The highest BCUT2D eigenvalue weighted by Gasteiger charge is 2.13. The van der Waals surface area contributed by atoms with Gasteiger partial charge < -0.3 is 14.8 Å². The second kappa shape index (κ2) is 5.34. The number of thiazole rings is 1. The molecule has 0 fully saturated rings. The van der Waals surface area contributed by atoms with Crippen LogP contribution in [0.2, 0.25) is 0 Å². The van der Waals surface area contributed by atoms with Gasteiger partial charge in [-0.25, -0.2) is 4.98 Å². The molecule has 20 heavy (non-hydrogen) atoms. The van der Waals surface area contributed by atoms with Crippen molar-refractivity contribution in [2.45, 2.75) is 6.92 Å². The van der Waals surface area contributed by atoms with Crippen LogP contribution in [-0.4, -0.2) is 17.7 Å². The van der Waals surface area contributed by atoms with E-state index >= 15 is 0 Å². The van der Waals surface area contributed by atoms with Crippen molar-refractivity contribution in [2.75, 3.05) is 12.1 Å². The number of fused-ring (bicyclic) bond motifs is 1. The highest BCUT2D eigenvalue weighted by molar-refractivity contribution is 7.09. The van der Waals surface area contributed by atoms with E-state index in [4.69, 9.17) is 9.47 Å². The number of ether oxygens (including phenoxy) is 2. The minimum absolute atomic E-state index is 0.213. The molecule has 1 amide bonds. The molecule has 2 heterocycles. The molecular formula is C14H12N2O3S. The number of hydrogen-bond acceptors (Lipinski definition) is 5. The first-order chi connectivity index (χ1) is 9.70. The molecule has 0 radical (unpaired) electrons. The number of nitrogens with zero attached hydrogens (tertiary/aromatic N) is 1. The maximum Gasteiger partial charge on any atom is 0.248 e. The fraction of sp³-hybridized carbons (Fsp3) is 0.143. The van der Waals surface area contributed by atoms with Crippen molar-refractivity contribution in [3.8, 4) is 11.5 Å². The molecule has 3 rings (SSSR count). The Labute approximate surface area is 119 Å². The van der Waals surface area contributed by atoms with E-state index in [0.29, 0.717) is 17.2 Å². The number of rotatable bonds is 3. The van der Waals surface area contributed by atoms with Gasteiger partial charge >= 0.3 is 0 Å². The van der Waals surface area contributed by atoms with Gasteiger partial charge in [-0.3, -0.25) is 4.79 Å². The monoisotopic (exact) mass is 288 g/mol. The predicted molar refractivity (Wildman–Crippen MR) is 77.1 cm³/mol. The Balaban J connectivity index is 1.65. The predicted octanol–water partition coefficient (Wildman–Crippen LogP) is 2.83. The number of nitrogens with one attached hydrogen (secondary N) is 1. The lowest BCUT2D eigenvalue weighted by Gasteiger charge is -2.03. The average Bonchev–Trinajstić information content (AvgIpc) is 3.04. The van der Waals surface area contributed by atoms with Gasteiger partial charge in [0, 0.05) is 23.2 Å². The molecule has 5 nitrogen and oxygen atoms in total. The number of benzene rings is 1. The normalized spacial score (nSPS) is 12.8. The van der Waals surface area contributed by atoms with E-state index in [0.717, 1.165) is 10.7 Å². The van der Waals surface area contributed by atoms with Crippen LogP contribution in [0, 0.1) is 6.92 Å². The zero-order valence-corrected chi connectivity index (χ0v) is 11.6. The van der Waals surface area contributed by atoms with Crippen molar-refractivity contribution in [3.63, 3.8) is 0 Å². The van der Waals surface area contributed by atoms with E-state index in [1.165, 1.54) is 6.08 Å². The molecule has 0 saturated carbocycles. The van der Waals surface area contributed by atoms with Crippen molar-refractivity contribution in [1.29, 1.82) is 0 Å². The Kier molecular flexibility index (Phi) is 3.39. The van der Waals surface area contributed by atoms with Gasteiger partial charge in [0.25, 0.3) is 0 Å². The number of carbonyl (C=O) groups is 1. The molecule has 102 valence electrons. The molecule has 1 aliphatic rings. The number of hydrogen-bond donors (Lipinski definition) is 1. The minimum atomic E-state index is -0.213. The lowest BCUT2D eigenvalue weighted by atomic mass is 10.2. The van der Waals surface area contributed by atoms with E-state index in [-0.39, 0.29) is 12.7 Å². The Morgan fingerprint density at radius 2 is 2.25 bits per heavy atom. The maximum atomic E-state index is 11.8. The molecule has 1 aliphatic heterocycles. The number of amides is 1. The third kappa shape index (κ3) is 2.80. The molecule has 0 unspecified atom stereocenters. The van der Waals surface area contributed by atoms with E-state index in [9.17, 15) is 4.79 Å². The standard InChI is InChI=1S/C14H12N2O3S/c1-9-15-11(7-20-9)3-5-14(17)16-10-2-4-12-13(6-10)19-8-18-12/h2-7H,8H2,1H3,(H,16,17)/b5-3+. The molecule has 2 aromatic rings. The van der Waals surface area contributed by atoms with Crippen LogP contribution >= 0.6 is 11.3 Å². The smallest absolute Gasteiger partial charge is 0.248 e. The van der Waals surface area contributed by atoms with Crippen LogP contribution in [0.5, 0.6) is 11.5 Å². The van der Waals surface area contributed by atoms with Gasteiger partial charge in [-0.05, 0) is 25.1 Å². The maximum absolute atomic E-state index is 11.8. The largest absolute Gasteiger partial charge is 0.454 e. The summed E-state index contributed by atoms with van der Waals surface area (Å²) in [7, 11) is 0. The second-order valence-corrected chi connectivity index (χ2v) is 5.24. The van der Waals surface area contributed by atoms with E-state index in [1.54, 1.807) is 35.6 Å². The first kappa shape index (κ1) is 12.7. The van der Waals surface area contributed by atoms with Crippen LogP contribution in [0.3, 0.4) is 0 Å². The number of aromatic nitrogens is 1. The van der Waals surface area contributed by atoms with Crippen molar-refractivity contribution in [1.82, 2.24) is 4.98 Å². The Hall–Kier alpha value is -2.34. The molecule has 0 saturated heterocycles. The molecule has 1 aromatic heterocycles. The van der Waals surface area contributed by atoms with Gasteiger partial charge in [0.05, 0.1) is 10.7 Å². The molecule has 0 bridgehead atoms. The Morgan fingerprint density at radius 1 is 1.40 bits per heavy atom. The summed E-state index contributed by atoms with van der Waals surface area (Å²) in [5.41, 5.74) is 1.45. The van der Waals surface area contributed by atoms with Gasteiger partial charge in [0.2, 0.25) is 12.7 Å². The van der Waals surface area contributed by atoms with Crippen molar-refractivity contribution in [3.05, 3.63) is 40.4 Å². The van der Waals surface area contributed by atoms with Crippen molar-refractivity contribution < 1.29 is 14.3 Å². The zero-order chi connectivity index (χ0) is 13.9. The molecular weight excluding hydrogens is 276 g/mol. The van der Waals surface area contributed by atoms with Crippen molar-refractivity contribution >= 4 is 29.0 Å². The van der Waals surface area contributed by atoms with Crippen LogP contribution < -0.4 is 14.8 Å².